The third-order valence-corrected chi connectivity index (χ3v) is 6.33. The van der Waals surface area contributed by atoms with Crippen LogP contribution >= 0.6 is 12.4 Å². The number of hydrogen-bond acceptors (Lipinski definition) is 5. The van der Waals surface area contributed by atoms with Crippen LogP contribution in [0.25, 0.3) is 0 Å². The summed E-state index contributed by atoms with van der Waals surface area (Å²) in [6, 6.07) is 17.0. The van der Waals surface area contributed by atoms with Crippen LogP contribution in [0.1, 0.15) is 42.1 Å². The molecule has 0 aliphatic carbocycles. The van der Waals surface area contributed by atoms with E-state index in [-0.39, 0.29) is 18.3 Å². The molecule has 2 fully saturated rings. The number of nitrogens with one attached hydrogen (secondary N) is 2. The maximum absolute atomic E-state index is 12.9. The van der Waals surface area contributed by atoms with E-state index in [1.165, 1.54) is 0 Å². The van der Waals surface area contributed by atoms with E-state index in [2.05, 4.69) is 10.6 Å². The number of amides is 1. The molecule has 1 spiro atoms. The second-order valence-corrected chi connectivity index (χ2v) is 8.49. The zero-order valence-electron chi connectivity index (χ0n) is 17.8. The molecule has 2 aliphatic heterocycles. The van der Waals surface area contributed by atoms with Crippen molar-refractivity contribution in [1.29, 1.82) is 0 Å². The number of aliphatic hydroxyl groups excluding tert-OH is 1. The number of halogens is 1. The lowest BCUT2D eigenvalue weighted by atomic mass is 9.73. The molecule has 7 heteroatoms. The molecule has 168 valence electrons. The molecule has 0 bridgehead atoms. The molecule has 0 radical (unpaired) electrons. The number of aliphatic hydroxyl groups is 1. The molecule has 2 aliphatic rings. The van der Waals surface area contributed by atoms with E-state index in [1.807, 2.05) is 49.4 Å². The smallest absolute Gasteiger partial charge is 0.251 e. The highest BCUT2D eigenvalue weighted by molar-refractivity contribution is 5.94. The third kappa shape index (κ3) is 5.21. The first-order chi connectivity index (χ1) is 14.5. The van der Waals surface area contributed by atoms with Crippen molar-refractivity contribution in [1.82, 2.24) is 10.6 Å². The van der Waals surface area contributed by atoms with Crippen molar-refractivity contribution in [2.24, 2.45) is 0 Å². The molecule has 2 heterocycles. The van der Waals surface area contributed by atoms with Crippen LogP contribution in [-0.2, 0) is 11.3 Å². The number of ether oxygens (including phenoxy) is 2. The quantitative estimate of drug-likeness (QED) is 0.657. The molecule has 6 nitrogen and oxygen atoms in total. The summed E-state index contributed by atoms with van der Waals surface area (Å²) in [6.45, 7) is 4.52. The summed E-state index contributed by atoms with van der Waals surface area (Å²) < 4.78 is 11.8. The normalized spacial score (nSPS) is 24.8. The Hall–Kier alpha value is -2.12. The van der Waals surface area contributed by atoms with Crippen molar-refractivity contribution in [3.8, 4) is 5.75 Å². The van der Waals surface area contributed by atoms with Crippen LogP contribution < -0.4 is 15.4 Å². The molecule has 2 atom stereocenters. The van der Waals surface area contributed by atoms with Gasteiger partial charge < -0.3 is 25.2 Å². The summed E-state index contributed by atoms with van der Waals surface area (Å²) in [5.74, 6) is 0.630. The monoisotopic (exact) mass is 446 g/mol. The largest absolute Gasteiger partial charge is 0.489 e. The van der Waals surface area contributed by atoms with E-state index >= 15 is 0 Å². The molecule has 0 saturated carbocycles. The molecule has 2 aromatic rings. The van der Waals surface area contributed by atoms with Gasteiger partial charge in [0.05, 0.1) is 11.1 Å². The SMILES string of the molecule is C[C@@]1(NC(=O)c2ccc(COc3ccccc3)cc2)CCOC2(CCNCC2)[C@H]1O.Cl. The molecule has 0 unspecified atom stereocenters. The van der Waals surface area contributed by atoms with Gasteiger partial charge in [-0.3, -0.25) is 4.79 Å². The second kappa shape index (κ2) is 10.0. The highest BCUT2D eigenvalue weighted by Crippen LogP contribution is 2.38. The van der Waals surface area contributed by atoms with Gasteiger partial charge in [-0.15, -0.1) is 12.4 Å². The number of rotatable bonds is 5. The number of carbonyl (C=O) groups is 1. The summed E-state index contributed by atoms with van der Waals surface area (Å²) in [6.07, 6.45) is 1.33. The van der Waals surface area contributed by atoms with E-state index in [0.717, 1.165) is 37.2 Å². The van der Waals surface area contributed by atoms with Crippen LogP contribution in [0, 0.1) is 0 Å². The minimum absolute atomic E-state index is 0. The molecule has 2 saturated heterocycles. The Morgan fingerprint density at radius 2 is 1.81 bits per heavy atom. The van der Waals surface area contributed by atoms with Crippen molar-refractivity contribution in [3.05, 3.63) is 65.7 Å². The number of para-hydroxylation sites is 1. The van der Waals surface area contributed by atoms with Crippen molar-refractivity contribution in [2.45, 2.75) is 50.0 Å². The van der Waals surface area contributed by atoms with E-state index in [4.69, 9.17) is 9.47 Å². The average Bonchev–Trinajstić information content (AvgIpc) is 2.78. The van der Waals surface area contributed by atoms with Crippen molar-refractivity contribution in [3.63, 3.8) is 0 Å². The van der Waals surface area contributed by atoms with Gasteiger partial charge in [0, 0.05) is 12.2 Å². The third-order valence-electron chi connectivity index (χ3n) is 6.33. The van der Waals surface area contributed by atoms with Gasteiger partial charge >= 0.3 is 0 Å². The highest BCUT2D eigenvalue weighted by atomic mass is 35.5. The lowest BCUT2D eigenvalue weighted by Gasteiger charge is -2.52. The first-order valence-electron chi connectivity index (χ1n) is 10.6. The van der Waals surface area contributed by atoms with Crippen LogP contribution in [-0.4, -0.2) is 48.0 Å². The Labute approximate surface area is 189 Å². The van der Waals surface area contributed by atoms with Gasteiger partial charge in [0.15, 0.2) is 0 Å². The maximum atomic E-state index is 12.9. The molecule has 2 aromatic carbocycles. The first-order valence-corrected chi connectivity index (χ1v) is 10.6. The van der Waals surface area contributed by atoms with Gasteiger partial charge in [-0.05, 0) is 69.1 Å². The van der Waals surface area contributed by atoms with E-state index in [9.17, 15) is 9.90 Å². The Balaban J connectivity index is 0.00000272. The average molecular weight is 447 g/mol. The van der Waals surface area contributed by atoms with Gasteiger partial charge in [0.25, 0.3) is 5.91 Å². The fraction of sp³-hybridized carbons (Fsp3) is 0.458. The summed E-state index contributed by atoms with van der Waals surface area (Å²) >= 11 is 0. The first kappa shape index (κ1) is 23.5. The number of hydrogen-bond donors (Lipinski definition) is 3. The van der Waals surface area contributed by atoms with Crippen molar-refractivity contribution in [2.75, 3.05) is 19.7 Å². The van der Waals surface area contributed by atoms with Crippen LogP contribution in [0.3, 0.4) is 0 Å². The van der Waals surface area contributed by atoms with Crippen molar-refractivity contribution < 1.29 is 19.4 Å². The summed E-state index contributed by atoms with van der Waals surface area (Å²) in [4.78, 5) is 12.9. The predicted molar refractivity (Wildman–Crippen MR) is 122 cm³/mol. The standard InChI is InChI=1S/C24H30N2O4.ClH/c1-23(13-16-30-24(22(23)28)11-14-25-15-12-24)26-21(27)19-9-7-18(8-10-19)17-29-20-5-3-2-4-6-20;/h2-10,22,25,28H,11-17H2,1H3,(H,26,27);1H/t22-,23+;/m0./s1. The van der Waals surface area contributed by atoms with E-state index in [1.54, 1.807) is 12.1 Å². The highest BCUT2D eigenvalue weighted by Gasteiger charge is 2.53. The molecular formula is C24H31ClN2O4. The molecule has 0 aromatic heterocycles. The minimum Gasteiger partial charge on any atom is -0.489 e. The molecule has 1 amide bonds. The fourth-order valence-electron chi connectivity index (χ4n) is 4.43. The topological polar surface area (TPSA) is 79.8 Å². The van der Waals surface area contributed by atoms with Crippen LogP contribution in [0.5, 0.6) is 5.75 Å². The van der Waals surface area contributed by atoms with Crippen LogP contribution in [0.2, 0.25) is 0 Å². The molecule has 3 N–H and O–H groups in total. The lowest BCUT2D eigenvalue weighted by molar-refractivity contribution is -0.197. The summed E-state index contributed by atoms with van der Waals surface area (Å²) in [7, 11) is 0. The summed E-state index contributed by atoms with van der Waals surface area (Å²) in [5, 5.41) is 17.5. The maximum Gasteiger partial charge on any atom is 0.251 e. The minimum atomic E-state index is -0.747. The predicted octanol–water partition coefficient (Wildman–Crippen LogP) is 3.08. The van der Waals surface area contributed by atoms with E-state index < -0.39 is 17.2 Å². The number of piperidine rings is 1. The molecule has 31 heavy (non-hydrogen) atoms. The van der Waals surface area contributed by atoms with Gasteiger partial charge in [-0.2, -0.15) is 0 Å². The zero-order chi connectivity index (χ0) is 21.0. The number of benzene rings is 2. The van der Waals surface area contributed by atoms with Gasteiger partial charge in [0.1, 0.15) is 18.5 Å². The fourth-order valence-corrected chi connectivity index (χ4v) is 4.43. The zero-order valence-corrected chi connectivity index (χ0v) is 18.6. The number of carbonyl (C=O) groups excluding carboxylic acids is 1. The Kier molecular flexibility index (Phi) is 7.59. The molecule has 4 rings (SSSR count). The summed E-state index contributed by atoms with van der Waals surface area (Å²) in [5.41, 5.74) is 0.255. The van der Waals surface area contributed by atoms with Crippen LogP contribution in [0.4, 0.5) is 0 Å². The van der Waals surface area contributed by atoms with Gasteiger partial charge in [-0.25, -0.2) is 0 Å². The second-order valence-electron chi connectivity index (χ2n) is 8.49. The Bertz CT molecular complexity index is 850. The van der Waals surface area contributed by atoms with Gasteiger partial charge in [-0.1, -0.05) is 30.3 Å². The van der Waals surface area contributed by atoms with Crippen LogP contribution in [0.15, 0.2) is 54.6 Å². The van der Waals surface area contributed by atoms with Crippen molar-refractivity contribution >= 4 is 18.3 Å². The Morgan fingerprint density at radius 1 is 1.13 bits per heavy atom. The molecular weight excluding hydrogens is 416 g/mol. The van der Waals surface area contributed by atoms with E-state index in [0.29, 0.717) is 25.2 Å². The Morgan fingerprint density at radius 3 is 2.48 bits per heavy atom. The lowest BCUT2D eigenvalue weighted by Crippen LogP contribution is -2.69. The van der Waals surface area contributed by atoms with Gasteiger partial charge in [0.2, 0.25) is 0 Å².